The summed E-state index contributed by atoms with van der Waals surface area (Å²) in [6.07, 6.45) is 1.43. The van der Waals surface area contributed by atoms with Crippen molar-refractivity contribution in [3.8, 4) is 0 Å². The van der Waals surface area contributed by atoms with E-state index in [-0.39, 0.29) is 11.6 Å². The molecular formula is C17H17N3O5. The average Bonchev–Trinajstić information content (AvgIpc) is 2.60. The second-order valence-electron chi connectivity index (χ2n) is 5.65. The van der Waals surface area contributed by atoms with Crippen molar-refractivity contribution in [3.63, 3.8) is 0 Å². The SMILES string of the molecule is C[C@@H](CCc1ccccc1)NC(=O)c1cc([N+](=O)[O-])cc([N+](=O)[O-])c1. The lowest BCUT2D eigenvalue weighted by Crippen LogP contribution is -2.33. The molecule has 8 nitrogen and oxygen atoms in total. The lowest BCUT2D eigenvalue weighted by Gasteiger charge is -2.14. The summed E-state index contributed by atoms with van der Waals surface area (Å²) in [5.74, 6) is -0.577. The Morgan fingerprint density at radius 3 is 2.12 bits per heavy atom. The largest absolute Gasteiger partial charge is 0.350 e. The van der Waals surface area contributed by atoms with E-state index in [4.69, 9.17) is 0 Å². The van der Waals surface area contributed by atoms with Crippen molar-refractivity contribution in [3.05, 3.63) is 79.9 Å². The molecule has 0 fully saturated rings. The summed E-state index contributed by atoms with van der Waals surface area (Å²) < 4.78 is 0. The van der Waals surface area contributed by atoms with Crippen molar-refractivity contribution in [1.82, 2.24) is 5.32 Å². The molecule has 0 saturated carbocycles. The molecular weight excluding hydrogens is 326 g/mol. The lowest BCUT2D eigenvalue weighted by atomic mass is 10.1. The van der Waals surface area contributed by atoms with E-state index >= 15 is 0 Å². The van der Waals surface area contributed by atoms with Gasteiger partial charge in [0.1, 0.15) is 0 Å². The van der Waals surface area contributed by atoms with Crippen LogP contribution in [-0.2, 0) is 6.42 Å². The van der Waals surface area contributed by atoms with Gasteiger partial charge in [0.25, 0.3) is 17.3 Å². The van der Waals surface area contributed by atoms with Gasteiger partial charge in [0.15, 0.2) is 0 Å². The molecule has 0 radical (unpaired) electrons. The highest BCUT2D eigenvalue weighted by molar-refractivity contribution is 5.95. The molecule has 0 heterocycles. The first-order valence-corrected chi connectivity index (χ1v) is 7.65. The van der Waals surface area contributed by atoms with Crippen LogP contribution in [0.25, 0.3) is 0 Å². The normalized spacial score (nSPS) is 11.6. The van der Waals surface area contributed by atoms with Crippen LogP contribution in [0.3, 0.4) is 0 Å². The smallest absolute Gasteiger partial charge is 0.277 e. The Labute approximate surface area is 143 Å². The molecule has 130 valence electrons. The molecule has 0 bridgehead atoms. The number of nitro groups is 2. The Balaban J connectivity index is 2.06. The molecule has 0 aliphatic heterocycles. The maximum Gasteiger partial charge on any atom is 0.277 e. The fourth-order valence-electron chi connectivity index (χ4n) is 2.34. The summed E-state index contributed by atoms with van der Waals surface area (Å²) in [6, 6.07) is 12.5. The molecule has 0 aliphatic carbocycles. The first-order valence-electron chi connectivity index (χ1n) is 7.65. The van der Waals surface area contributed by atoms with Crippen molar-refractivity contribution in [2.75, 3.05) is 0 Å². The zero-order valence-corrected chi connectivity index (χ0v) is 13.5. The van der Waals surface area contributed by atoms with Crippen LogP contribution in [0.15, 0.2) is 48.5 Å². The van der Waals surface area contributed by atoms with Gasteiger partial charge in [0.2, 0.25) is 0 Å². The number of aryl methyl sites for hydroxylation is 1. The predicted octanol–water partition coefficient (Wildman–Crippen LogP) is 3.25. The van der Waals surface area contributed by atoms with Gasteiger partial charge in [-0.05, 0) is 25.3 Å². The third-order valence-corrected chi connectivity index (χ3v) is 3.67. The fourth-order valence-corrected chi connectivity index (χ4v) is 2.34. The zero-order chi connectivity index (χ0) is 18.4. The molecule has 0 saturated heterocycles. The number of rotatable bonds is 7. The Bertz CT molecular complexity index is 760. The van der Waals surface area contributed by atoms with Gasteiger partial charge in [-0.1, -0.05) is 30.3 Å². The van der Waals surface area contributed by atoms with E-state index in [1.807, 2.05) is 37.3 Å². The summed E-state index contributed by atoms with van der Waals surface area (Å²) in [5, 5.41) is 24.5. The number of hydrogen-bond donors (Lipinski definition) is 1. The first kappa shape index (κ1) is 18.1. The molecule has 1 amide bonds. The van der Waals surface area contributed by atoms with Crippen molar-refractivity contribution < 1.29 is 14.6 Å². The summed E-state index contributed by atoms with van der Waals surface area (Å²) >= 11 is 0. The number of hydrogen-bond acceptors (Lipinski definition) is 5. The zero-order valence-electron chi connectivity index (χ0n) is 13.5. The van der Waals surface area contributed by atoms with E-state index in [1.165, 1.54) is 0 Å². The Kier molecular flexibility index (Phi) is 5.78. The first-order chi connectivity index (χ1) is 11.9. The maximum absolute atomic E-state index is 12.3. The highest BCUT2D eigenvalue weighted by atomic mass is 16.6. The van der Waals surface area contributed by atoms with Crippen LogP contribution in [0.1, 0.15) is 29.3 Å². The minimum atomic E-state index is -0.761. The van der Waals surface area contributed by atoms with Crippen molar-refractivity contribution >= 4 is 17.3 Å². The highest BCUT2D eigenvalue weighted by Crippen LogP contribution is 2.22. The number of amides is 1. The van der Waals surface area contributed by atoms with E-state index in [2.05, 4.69) is 5.32 Å². The third-order valence-electron chi connectivity index (χ3n) is 3.67. The summed E-state index contributed by atoms with van der Waals surface area (Å²) in [7, 11) is 0. The van der Waals surface area contributed by atoms with Crippen LogP contribution < -0.4 is 5.32 Å². The highest BCUT2D eigenvalue weighted by Gasteiger charge is 2.20. The van der Waals surface area contributed by atoms with E-state index in [9.17, 15) is 25.0 Å². The van der Waals surface area contributed by atoms with Crippen LogP contribution in [0, 0.1) is 20.2 Å². The van der Waals surface area contributed by atoms with Gasteiger partial charge in [-0.15, -0.1) is 0 Å². The van der Waals surface area contributed by atoms with Crippen molar-refractivity contribution in [2.45, 2.75) is 25.8 Å². The van der Waals surface area contributed by atoms with E-state index < -0.39 is 27.1 Å². The van der Waals surface area contributed by atoms with Crippen LogP contribution in [0.2, 0.25) is 0 Å². The third kappa shape index (κ3) is 5.10. The number of carbonyl (C=O) groups excluding carboxylic acids is 1. The summed E-state index contributed by atoms with van der Waals surface area (Å²) in [4.78, 5) is 32.5. The average molecular weight is 343 g/mol. The lowest BCUT2D eigenvalue weighted by molar-refractivity contribution is -0.394. The number of carbonyl (C=O) groups is 1. The maximum atomic E-state index is 12.3. The quantitative estimate of drug-likeness (QED) is 0.612. The van der Waals surface area contributed by atoms with Gasteiger partial charge in [-0.3, -0.25) is 25.0 Å². The van der Waals surface area contributed by atoms with Crippen LogP contribution in [0.4, 0.5) is 11.4 Å². The standard InChI is InChI=1S/C17H17N3O5/c1-12(7-8-13-5-3-2-4-6-13)18-17(21)14-9-15(19(22)23)11-16(10-14)20(24)25/h2-6,9-12H,7-8H2,1H3,(H,18,21)/t12-/m0/s1. The molecule has 0 unspecified atom stereocenters. The molecule has 2 aromatic carbocycles. The van der Waals surface area contributed by atoms with Crippen LogP contribution >= 0.6 is 0 Å². The van der Waals surface area contributed by atoms with Crippen LogP contribution in [0.5, 0.6) is 0 Å². The number of non-ortho nitro benzene ring substituents is 2. The minimum absolute atomic E-state index is 0.104. The van der Waals surface area contributed by atoms with Crippen LogP contribution in [-0.4, -0.2) is 21.8 Å². The van der Waals surface area contributed by atoms with Gasteiger partial charge in [-0.2, -0.15) is 0 Å². The van der Waals surface area contributed by atoms with E-state index in [0.717, 1.165) is 30.2 Å². The van der Waals surface area contributed by atoms with Gasteiger partial charge >= 0.3 is 0 Å². The molecule has 1 atom stereocenters. The number of nitrogens with zero attached hydrogens (tertiary/aromatic N) is 2. The van der Waals surface area contributed by atoms with Gasteiger partial charge < -0.3 is 5.32 Å². The van der Waals surface area contributed by atoms with Gasteiger partial charge in [0.05, 0.1) is 21.5 Å². The van der Waals surface area contributed by atoms with Crippen molar-refractivity contribution in [1.29, 1.82) is 0 Å². The Morgan fingerprint density at radius 1 is 1.04 bits per heavy atom. The molecule has 0 aromatic heterocycles. The molecule has 1 N–H and O–H groups in total. The summed E-state index contributed by atoms with van der Waals surface area (Å²) in [6.45, 7) is 1.81. The molecule has 8 heteroatoms. The topological polar surface area (TPSA) is 115 Å². The van der Waals surface area contributed by atoms with Gasteiger partial charge in [0, 0.05) is 18.2 Å². The number of nitrogens with one attached hydrogen (secondary N) is 1. The number of nitro benzene ring substituents is 2. The number of benzene rings is 2. The Morgan fingerprint density at radius 2 is 1.60 bits per heavy atom. The molecule has 2 rings (SSSR count). The van der Waals surface area contributed by atoms with E-state index in [0.29, 0.717) is 6.42 Å². The summed E-state index contributed by atoms with van der Waals surface area (Å²) in [5.41, 5.74) is 0.0506. The van der Waals surface area contributed by atoms with E-state index in [1.54, 1.807) is 0 Å². The molecule has 0 aliphatic rings. The molecule has 2 aromatic rings. The predicted molar refractivity (Wildman–Crippen MR) is 91.4 cm³/mol. The minimum Gasteiger partial charge on any atom is -0.350 e. The monoisotopic (exact) mass is 343 g/mol. The molecule has 0 spiro atoms. The second kappa shape index (κ2) is 8.00. The fraction of sp³-hybridized carbons (Fsp3) is 0.235. The Hall–Kier alpha value is -3.29. The van der Waals surface area contributed by atoms with Crippen molar-refractivity contribution in [2.24, 2.45) is 0 Å². The molecule has 25 heavy (non-hydrogen) atoms. The van der Waals surface area contributed by atoms with Gasteiger partial charge in [-0.25, -0.2) is 0 Å². The second-order valence-corrected chi connectivity index (χ2v) is 5.65.